The minimum Gasteiger partial charge on any atom is -0.323 e. The molecule has 0 atom stereocenters. The van der Waals surface area contributed by atoms with Gasteiger partial charge >= 0.3 is 5.69 Å². The van der Waals surface area contributed by atoms with Crippen molar-refractivity contribution in [1.29, 1.82) is 0 Å². The molecule has 0 unspecified atom stereocenters. The topological polar surface area (TPSA) is 108 Å². The van der Waals surface area contributed by atoms with E-state index < -0.39 is 4.92 Å². The molecule has 0 fully saturated rings. The van der Waals surface area contributed by atoms with E-state index in [1.165, 1.54) is 10.9 Å². The highest BCUT2D eigenvalue weighted by atomic mass is 35.5. The van der Waals surface area contributed by atoms with Crippen LogP contribution < -0.4 is 5.32 Å². The van der Waals surface area contributed by atoms with Gasteiger partial charge in [-0.3, -0.25) is 24.3 Å². The molecular weight excluding hydrogens is 396 g/mol. The summed E-state index contributed by atoms with van der Waals surface area (Å²) in [6, 6.07) is 7.54. The van der Waals surface area contributed by atoms with E-state index in [1.807, 2.05) is 42.8 Å². The highest BCUT2D eigenvalue weighted by Gasteiger charge is 2.18. The lowest BCUT2D eigenvalue weighted by molar-refractivity contribution is -0.385. The Bertz CT molecular complexity index is 1070. The summed E-state index contributed by atoms with van der Waals surface area (Å²) in [5.74, 6) is -0.212. The SMILES string of the molecule is Cc1nn(Cc2cccc(Cl)c2)c(C)c1NC(=O)CCn1ncc([N+](=O)[O-])c1C. The summed E-state index contributed by atoms with van der Waals surface area (Å²) < 4.78 is 3.28. The van der Waals surface area contributed by atoms with Crippen molar-refractivity contribution < 1.29 is 9.72 Å². The number of rotatable bonds is 7. The van der Waals surface area contributed by atoms with Crippen molar-refractivity contribution >= 4 is 28.9 Å². The average Bonchev–Trinajstić information content (AvgIpc) is 3.15. The number of hydrogen-bond acceptors (Lipinski definition) is 5. The zero-order chi connectivity index (χ0) is 21.1. The minimum atomic E-state index is -0.486. The van der Waals surface area contributed by atoms with Crippen molar-refractivity contribution in [2.45, 2.75) is 40.3 Å². The molecule has 1 aromatic carbocycles. The van der Waals surface area contributed by atoms with Crippen LogP contribution in [0, 0.1) is 30.9 Å². The molecule has 2 aromatic heterocycles. The fraction of sp³-hybridized carbons (Fsp3) is 0.316. The Kier molecular flexibility index (Phi) is 5.97. The van der Waals surface area contributed by atoms with E-state index in [0.29, 0.717) is 28.6 Å². The molecule has 0 bridgehead atoms. The summed E-state index contributed by atoms with van der Waals surface area (Å²) in [4.78, 5) is 22.8. The van der Waals surface area contributed by atoms with Crippen molar-refractivity contribution in [3.63, 3.8) is 0 Å². The van der Waals surface area contributed by atoms with Gasteiger partial charge in [-0.15, -0.1) is 0 Å². The first-order valence-corrected chi connectivity index (χ1v) is 9.39. The van der Waals surface area contributed by atoms with Crippen LogP contribution in [0.2, 0.25) is 5.02 Å². The zero-order valence-corrected chi connectivity index (χ0v) is 17.1. The number of carbonyl (C=O) groups excluding carboxylic acids is 1. The summed E-state index contributed by atoms with van der Waals surface area (Å²) in [5, 5.41) is 22.9. The third-order valence-electron chi connectivity index (χ3n) is 4.69. The summed E-state index contributed by atoms with van der Waals surface area (Å²) in [7, 11) is 0. The van der Waals surface area contributed by atoms with E-state index >= 15 is 0 Å². The van der Waals surface area contributed by atoms with Gasteiger partial charge in [-0.05, 0) is 38.5 Å². The van der Waals surface area contributed by atoms with E-state index in [-0.39, 0.29) is 24.6 Å². The van der Waals surface area contributed by atoms with Crippen LogP contribution in [0.4, 0.5) is 11.4 Å². The molecule has 0 spiro atoms. The van der Waals surface area contributed by atoms with Crippen molar-refractivity contribution in [2.75, 3.05) is 5.32 Å². The lowest BCUT2D eigenvalue weighted by Crippen LogP contribution is -2.16. The van der Waals surface area contributed by atoms with Gasteiger partial charge in [-0.1, -0.05) is 23.7 Å². The number of halogens is 1. The molecule has 10 heteroatoms. The smallest absolute Gasteiger partial charge is 0.309 e. The molecule has 0 radical (unpaired) electrons. The quantitative estimate of drug-likeness (QED) is 0.467. The van der Waals surface area contributed by atoms with Crippen LogP contribution in [-0.2, 0) is 17.9 Å². The molecular formula is C19H21ClN6O3. The Labute approximate surface area is 172 Å². The lowest BCUT2D eigenvalue weighted by atomic mass is 10.2. The minimum absolute atomic E-state index is 0.0561. The van der Waals surface area contributed by atoms with Gasteiger partial charge in [0.05, 0.1) is 35.1 Å². The van der Waals surface area contributed by atoms with Crippen LogP contribution in [0.1, 0.15) is 29.1 Å². The molecule has 1 amide bonds. The molecule has 29 heavy (non-hydrogen) atoms. The number of aromatic nitrogens is 4. The van der Waals surface area contributed by atoms with E-state index in [1.54, 1.807) is 6.92 Å². The molecule has 0 saturated carbocycles. The summed E-state index contributed by atoms with van der Waals surface area (Å²) >= 11 is 6.04. The Balaban J connectivity index is 1.66. The van der Waals surface area contributed by atoms with E-state index in [4.69, 9.17) is 11.6 Å². The molecule has 152 valence electrons. The van der Waals surface area contributed by atoms with Gasteiger partial charge in [0, 0.05) is 11.4 Å². The Hall–Kier alpha value is -3.20. The van der Waals surface area contributed by atoms with Gasteiger partial charge in [0.1, 0.15) is 11.9 Å². The molecule has 2 heterocycles. The normalized spacial score (nSPS) is 10.9. The van der Waals surface area contributed by atoms with Crippen molar-refractivity contribution in [2.24, 2.45) is 0 Å². The number of nitrogens with zero attached hydrogens (tertiary/aromatic N) is 5. The summed E-state index contributed by atoms with van der Waals surface area (Å²) in [6.07, 6.45) is 1.33. The maximum absolute atomic E-state index is 12.4. The van der Waals surface area contributed by atoms with Crippen LogP contribution >= 0.6 is 11.6 Å². The zero-order valence-electron chi connectivity index (χ0n) is 16.3. The van der Waals surface area contributed by atoms with Crippen molar-refractivity contribution in [1.82, 2.24) is 19.6 Å². The first-order chi connectivity index (χ1) is 13.8. The van der Waals surface area contributed by atoms with Gasteiger partial charge in [0.15, 0.2) is 0 Å². The van der Waals surface area contributed by atoms with Crippen LogP contribution in [0.25, 0.3) is 0 Å². The van der Waals surface area contributed by atoms with Gasteiger partial charge in [0.25, 0.3) is 0 Å². The van der Waals surface area contributed by atoms with Crippen LogP contribution in [0.3, 0.4) is 0 Å². The Morgan fingerprint density at radius 1 is 1.24 bits per heavy atom. The number of hydrogen-bond donors (Lipinski definition) is 1. The molecule has 0 aliphatic carbocycles. The maximum atomic E-state index is 12.4. The largest absolute Gasteiger partial charge is 0.323 e. The monoisotopic (exact) mass is 416 g/mol. The molecule has 0 aliphatic rings. The molecule has 0 saturated heterocycles. The predicted molar refractivity (Wildman–Crippen MR) is 109 cm³/mol. The second-order valence-corrected chi connectivity index (χ2v) is 7.16. The highest BCUT2D eigenvalue weighted by molar-refractivity contribution is 6.30. The fourth-order valence-electron chi connectivity index (χ4n) is 3.09. The number of nitrogens with one attached hydrogen (secondary N) is 1. The second-order valence-electron chi connectivity index (χ2n) is 6.73. The molecule has 0 aliphatic heterocycles. The fourth-order valence-corrected chi connectivity index (χ4v) is 3.30. The van der Waals surface area contributed by atoms with Crippen LogP contribution in [-0.4, -0.2) is 30.4 Å². The summed E-state index contributed by atoms with van der Waals surface area (Å²) in [5.41, 5.74) is 3.59. The first kappa shape index (κ1) is 20.5. The van der Waals surface area contributed by atoms with Gasteiger partial charge < -0.3 is 5.32 Å². The summed E-state index contributed by atoms with van der Waals surface area (Å²) in [6.45, 7) is 6.12. The molecule has 9 nitrogen and oxygen atoms in total. The predicted octanol–water partition coefficient (Wildman–Crippen LogP) is 3.64. The molecule has 1 N–H and O–H groups in total. The van der Waals surface area contributed by atoms with Gasteiger partial charge in [-0.2, -0.15) is 10.2 Å². The first-order valence-electron chi connectivity index (χ1n) is 9.01. The van der Waals surface area contributed by atoms with Gasteiger partial charge in [-0.25, -0.2) is 0 Å². The van der Waals surface area contributed by atoms with E-state index in [0.717, 1.165) is 11.3 Å². The van der Waals surface area contributed by atoms with Crippen molar-refractivity contribution in [3.8, 4) is 0 Å². The second kappa shape index (κ2) is 8.44. The molecule has 3 aromatic rings. The number of amides is 1. The van der Waals surface area contributed by atoms with Crippen molar-refractivity contribution in [3.05, 3.63) is 68.2 Å². The third-order valence-corrected chi connectivity index (χ3v) is 4.93. The number of benzene rings is 1. The van der Waals surface area contributed by atoms with E-state index in [2.05, 4.69) is 15.5 Å². The number of nitro groups is 1. The maximum Gasteiger partial charge on any atom is 0.309 e. The van der Waals surface area contributed by atoms with Crippen LogP contribution in [0.15, 0.2) is 30.5 Å². The van der Waals surface area contributed by atoms with Crippen LogP contribution in [0.5, 0.6) is 0 Å². The molecule has 3 rings (SSSR count). The van der Waals surface area contributed by atoms with E-state index in [9.17, 15) is 14.9 Å². The Morgan fingerprint density at radius 2 is 2.00 bits per heavy atom. The third kappa shape index (κ3) is 4.62. The Morgan fingerprint density at radius 3 is 2.66 bits per heavy atom. The lowest BCUT2D eigenvalue weighted by Gasteiger charge is -2.08. The number of aryl methyl sites for hydroxylation is 2. The number of anilines is 1. The average molecular weight is 417 g/mol. The highest BCUT2D eigenvalue weighted by Crippen LogP contribution is 2.22. The number of carbonyl (C=O) groups is 1. The van der Waals surface area contributed by atoms with Gasteiger partial charge in [0.2, 0.25) is 5.91 Å². The standard InChI is InChI=1S/C19H21ClN6O3/c1-12-19(14(3)25(23-12)11-15-5-4-6-16(20)9-15)22-18(27)7-8-24-13(2)17(10-21-24)26(28)29/h4-6,9-10H,7-8,11H2,1-3H3,(H,22,27).